The summed E-state index contributed by atoms with van der Waals surface area (Å²) in [6.07, 6.45) is 1.59. The van der Waals surface area contributed by atoms with Gasteiger partial charge in [0.15, 0.2) is 0 Å². The smallest absolute Gasteiger partial charge is 0.325 e. The van der Waals surface area contributed by atoms with E-state index in [2.05, 4.69) is 10.5 Å². The Hall–Kier alpha value is -3.12. The third-order valence-electron chi connectivity index (χ3n) is 4.34. The first-order chi connectivity index (χ1) is 13.5. The highest BCUT2D eigenvalue weighted by atomic mass is 35.5. The zero-order chi connectivity index (χ0) is 20.1. The molecule has 28 heavy (non-hydrogen) atoms. The van der Waals surface area contributed by atoms with Gasteiger partial charge in [-0.05, 0) is 44.2 Å². The van der Waals surface area contributed by atoms with E-state index in [9.17, 15) is 9.59 Å². The van der Waals surface area contributed by atoms with Crippen LogP contribution >= 0.6 is 11.6 Å². The zero-order valence-electron chi connectivity index (χ0n) is 15.6. The number of carbonyl (C=O) groups is 2. The lowest BCUT2D eigenvalue weighted by Crippen LogP contribution is -2.17. The Morgan fingerprint density at radius 1 is 1.18 bits per heavy atom. The van der Waals surface area contributed by atoms with Gasteiger partial charge in [0.25, 0.3) is 5.91 Å². The van der Waals surface area contributed by atoms with Gasteiger partial charge in [-0.2, -0.15) is 5.10 Å². The van der Waals surface area contributed by atoms with Gasteiger partial charge in [0.2, 0.25) is 0 Å². The largest absolute Gasteiger partial charge is 0.465 e. The van der Waals surface area contributed by atoms with E-state index in [4.69, 9.17) is 16.3 Å². The minimum absolute atomic E-state index is 0.116. The molecule has 1 heterocycles. The summed E-state index contributed by atoms with van der Waals surface area (Å²) < 4.78 is 6.95. The van der Waals surface area contributed by atoms with Gasteiger partial charge in [0.1, 0.15) is 6.54 Å². The average Bonchev–Trinajstić information content (AvgIpc) is 2.94. The third-order valence-corrected chi connectivity index (χ3v) is 4.59. The second kappa shape index (κ2) is 8.71. The van der Waals surface area contributed by atoms with Crippen LogP contribution < -0.4 is 5.43 Å². The highest BCUT2D eigenvalue weighted by molar-refractivity contribution is 6.30. The minimum Gasteiger partial charge on any atom is -0.465 e. The molecule has 0 atom stereocenters. The molecule has 0 unspecified atom stereocenters. The van der Waals surface area contributed by atoms with E-state index in [0.29, 0.717) is 17.2 Å². The van der Waals surface area contributed by atoms with Gasteiger partial charge in [-0.25, -0.2) is 5.43 Å². The molecule has 0 bridgehead atoms. The predicted octanol–water partition coefficient (Wildman–Crippen LogP) is 3.93. The van der Waals surface area contributed by atoms with Crippen molar-refractivity contribution in [3.05, 3.63) is 70.4 Å². The van der Waals surface area contributed by atoms with Crippen LogP contribution in [0.1, 0.15) is 28.5 Å². The number of nitrogens with one attached hydrogen (secondary N) is 1. The van der Waals surface area contributed by atoms with Crippen molar-refractivity contribution >= 4 is 40.6 Å². The number of nitrogens with zero attached hydrogens (tertiary/aromatic N) is 2. The van der Waals surface area contributed by atoms with Gasteiger partial charge in [0, 0.05) is 32.7 Å². The number of aromatic nitrogens is 1. The summed E-state index contributed by atoms with van der Waals surface area (Å²) in [7, 11) is 0. The lowest BCUT2D eigenvalue weighted by atomic mass is 10.1. The van der Waals surface area contributed by atoms with E-state index in [0.717, 1.165) is 22.2 Å². The molecule has 0 saturated carbocycles. The summed E-state index contributed by atoms with van der Waals surface area (Å²) in [5.74, 6) is -0.633. The lowest BCUT2D eigenvalue weighted by molar-refractivity contribution is -0.143. The van der Waals surface area contributed by atoms with Crippen LogP contribution in [0.15, 0.2) is 53.6 Å². The van der Waals surface area contributed by atoms with Crippen molar-refractivity contribution in [2.24, 2.45) is 5.10 Å². The number of rotatable bonds is 6. The lowest BCUT2D eigenvalue weighted by Gasteiger charge is -2.07. The second-order valence-electron chi connectivity index (χ2n) is 6.11. The number of para-hydroxylation sites is 1. The standard InChI is InChI=1S/C21H20ClN3O3/c1-3-28-20(26)13-25-14(2)18(17-6-4-5-7-19(17)25)12-23-24-21(27)15-8-10-16(22)11-9-15/h4-12H,3,13H2,1-2H3,(H,24,27)/b23-12+. The van der Waals surface area contributed by atoms with Crippen LogP contribution in [0.3, 0.4) is 0 Å². The molecule has 6 nitrogen and oxygen atoms in total. The number of fused-ring (bicyclic) bond motifs is 1. The van der Waals surface area contributed by atoms with Gasteiger partial charge < -0.3 is 9.30 Å². The average molecular weight is 398 g/mol. The number of esters is 1. The molecule has 1 amide bonds. The van der Waals surface area contributed by atoms with Crippen molar-refractivity contribution in [3.63, 3.8) is 0 Å². The molecule has 0 spiro atoms. The van der Waals surface area contributed by atoms with E-state index >= 15 is 0 Å². The van der Waals surface area contributed by atoms with Crippen LogP contribution in [0, 0.1) is 6.92 Å². The summed E-state index contributed by atoms with van der Waals surface area (Å²) >= 11 is 5.84. The quantitative estimate of drug-likeness (QED) is 0.389. The van der Waals surface area contributed by atoms with Crippen molar-refractivity contribution < 1.29 is 14.3 Å². The number of halogens is 1. The molecule has 3 aromatic rings. The first-order valence-electron chi connectivity index (χ1n) is 8.83. The van der Waals surface area contributed by atoms with Crippen molar-refractivity contribution in [2.45, 2.75) is 20.4 Å². The number of hydrogen-bond donors (Lipinski definition) is 1. The second-order valence-corrected chi connectivity index (χ2v) is 6.55. The monoisotopic (exact) mass is 397 g/mol. The van der Waals surface area contributed by atoms with E-state index < -0.39 is 0 Å². The van der Waals surface area contributed by atoms with Gasteiger partial charge in [-0.3, -0.25) is 9.59 Å². The molecule has 0 aliphatic heterocycles. The van der Waals surface area contributed by atoms with Gasteiger partial charge in [-0.1, -0.05) is 29.8 Å². The Morgan fingerprint density at radius 2 is 1.89 bits per heavy atom. The molecule has 2 aromatic carbocycles. The number of hydrazone groups is 1. The topological polar surface area (TPSA) is 72.7 Å². The van der Waals surface area contributed by atoms with Crippen LogP contribution in [-0.4, -0.2) is 29.3 Å². The van der Waals surface area contributed by atoms with Gasteiger partial charge in [0.05, 0.1) is 12.8 Å². The molecule has 1 N–H and O–H groups in total. The fraction of sp³-hybridized carbons (Fsp3) is 0.190. The Kier molecular flexibility index (Phi) is 6.11. The third kappa shape index (κ3) is 4.23. The molecule has 1 aromatic heterocycles. The number of ether oxygens (including phenoxy) is 1. The molecular weight excluding hydrogens is 378 g/mol. The predicted molar refractivity (Wildman–Crippen MR) is 110 cm³/mol. The fourth-order valence-electron chi connectivity index (χ4n) is 2.98. The molecule has 0 aliphatic carbocycles. The van der Waals surface area contributed by atoms with Crippen LogP contribution in [0.25, 0.3) is 10.9 Å². The molecule has 0 fully saturated rings. The fourth-order valence-corrected chi connectivity index (χ4v) is 3.11. The van der Waals surface area contributed by atoms with Gasteiger partial charge in [-0.15, -0.1) is 0 Å². The molecule has 0 saturated heterocycles. The van der Waals surface area contributed by atoms with Crippen molar-refractivity contribution in [1.82, 2.24) is 9.99 Å². The van der Waals surface area contributed by atoms with Crippen LogP contribution in [-0.2, 0) is 16.1 Å². The maximum atomic E-state index is 12.2. The first kappa shape index (κ1) is 19.6. The summed E-state index contributed by atoms with van der Waals surface area (Å²) in [5, 5.41) is 5.59. The maximum absolute atomic E-state index is 12.2. The number of carbonyl (C=O) groups excluding carboxylic acids is 2. The zero-order valence-corrected chi connectivity index (χ0v) is 16.4. The van der Waals surface area contributed by atoms with Crippen molar-refractivity contribution in [3.8, 4) is 0 Å². The molecular formula is C21H20ClN3O3. The Labute approximate surface area is 167 Å². The first-order valence-corrected chi connectivity index (χ1v) is 9.21. The summed E-state index contributed by atoms with van der Waals surface area (Å²) in [5.41, 5.74) is 5.57. The molecule has 144 valence electrons. The van der Waals surface area contributed by atoms with Crippen LogP contribution in [0.4, 0.5) is 0 Å². The molecule has 7 heteroatoms. The molecule has 0 aliphatic rings. The number of amides is 1. The van der Waals surface area contributed by atoms with E-state index in [1.165, 1.54) is 0 Å². The Balaban J connectivity index is 1.85. The Bertz CT molecular complexity index is 1040. The highest BCUT2D eigenvalue weighted by Gasteiger charge is 2.15. The summed E-state index contributed by atoms with van der Waals surface area (Å²) in [6, 6.07) is 14.3. The molecule has 0 radical (unpaired) electrons. The van der Waals surface area contributed by atoms with Crippen LogP contribution in [0.5, 0.6) is 0 Å². The van der Waals surface area contributed by atoms with Crippen molar-refractivity contribution in [2.75, 3.05) is 6.61 Å². The maximum Gasteiger partial charge on any atom is 0.325 e. The SMILES string of the molecule is CCOC(=O)Cn1c(C)c(/C=N/NC(=O)c2ccc(Cl)cc2)c2ccccc21. The summed E-state index contributed by atoms with van der Waals surface area (Å²) in [4.78, 5) is 24.1. The minimum atomic E-state index is -0.333. The van der Waals surface area contributed by atoms with E-state index in [-0.39, 0.29) is 18.4 Å². The number of hydrogen-bond acceptors (Lipinski definition) is 4. The highest BCUT2D eigenvalue weighted by Crippen LogP contribution is 2.24. The Morgan fingerprint density at radius 3 is 2.61 bits per heavy atom. The normalized spacial score (nSPS) is 11.1. The van der Waals surface area contributed by atoms with Gasteiger partial charge >= 0.3 is 5.97 Å². The number of benzene rings is 2. The summed E-state index contributed by atoms with van der Waals surface area (Å²) in [6.45, 7) is 4.13. The van der Waals surface area contributed by atoms with Crippen molar-refractivity contribution in [1.29, 1.82) is 0 Å². The molecule has 3 rings (SSSR count). The van der Waals surface area contributed by atoms with E-state index in [1.807, 2.05) is 35.8 Å². The van der Waals surface area contributed by atoms with E-state index in [1.54, 1.807) is 37.4 Å². The van der Waals surface area contributed by atoms with Crippen LogP contribution in [0.2, 0.25) is 5.02 Å².